The van der Waals surface area contributed by atoms with E-state index in [-0.39, 0.29) is 11.5 Å². The van der Waals surface area contributed by atoms with Crippen LogP contribution in [0.25, 0.3) is 11.4 Å². The lowest BCUT2D eigenvalue weighted by molar-refractivity contribution is 0.0951. The number of carbonyl (C=O) groups is 1. The van der Waals surface area contributed by atoms with E-state index in [4.69, 9.17) is 0 Å². The number of H-pyrrole nitrogens is 1. The van der Waals surface area contributed by atoms with E-state index in [1.807, 2.05) is 30.3 Å². The van der Waals surface area contributed by atoms with E-state index in [9.17, 15) is 9.59 Å². The molecule has 1 amide bonds. The quantitative estimate of drug-likeness (QED) is 0.800. The van der Waals surface area contributed by atoms with Gasteiger partial charge in [0.1, 0.15) is 11.4 Å². The number of aromatic nitrogens is 2. The maximum atomic E-state index is 12.0. The number of hydrogen-bond acceptors (Lipinski definition) is 3. The van der Waals surface area contributed by atoms with E-state index in [0.29, 0.717) is 12.4 Å². The van der Waals surface area contributed by atoms with Crippen molar-refractivity contribution in [3.8, 4) is 11.4 Å². The Kier molecular flexibility index (Phi) is 5.26. The number of aromatic amines is 1. The van der Waals surface area contributed by atoms with Gasteiger partial charge in [-0.1, -0.05) is 50.1 Å². The van der Waals surface area contributed by atoms with Crippen LogP contribution in [0.5, 0.6) is 0 Å². The van der Waals surface area contributed by atoms with Gasteiger partial charge in [-0.05, 0) is 6.42 Å². The fraction of sp³-hybridized carbons (Fsp3) is 0.312. The molecule has 0 aliphatic heterocycles. The lowest BCUT2D eigenvalue weighted by Crippen LogP contribution is -2.30. The SMILES string of the molecule is CCCCCNC(=O)c1cnc(-c2ccccc2)[nH]c1=O. The van der Waals surface area contributed by atoms with Crippen LogP contribution in [0.2, 0.25) is 0 Å². The Hall–Kier alpha value is -2.43. The minimum absolute atomic E-state index is 0.0474. The third kappa shape index (κ3) is 4.02. The number of amides is 1. The van der Waals surface area contributed by atoms with Crippen molar-refractivity contribution in [1.29, 1.82) is 0 Å². The van der Waals surface area contributed by atoms with E-state index in [1.54, 1.807) is 0 Å². The number of unbranched alkanes of at least 4 members (excludes halogenated alkanes) is 2. The highest BCUT2D eigenvalue weighted by Crippen LogP contribution is 2.11. The van der Waals surface area contributed by atoms with Gasteiger partial charge in [-0.15, -0.1) is 0 Å². The van der Waals surface area contributed by atoms with Crippen LogP contribution >= 0.6 is 0 Å². The average Bonchev–Trinajstić information content (AvgIpc) is 2.52. The van der Waals surface area contributed by atoms with Gasteiger partial charge in [0.25, 0.3) is 11.5 Å². The van der Waals surface area contributed by atoms with Crippen molar-refractivity contribution in [2.24, 2.45) is 0 Å². The molecule has 0 spiro atoms. The zero-order valence-corrected chi connectivity index (χ0v) is 12.1. The molecular formula is C16H19N3O2. The van der Waals surface area contributed by atoms with Crippen molar-refractivity contribution in [2.45, 2.75) is 26.2 Å². The third-order valence-electron chi connectivity index (χ3n) is 3.16. The van der Waals surface area contributed by atoms with E-state index < -0.39 is 5.56 Å². The molecule has 2 N–H and O–H groups in total. The Balaban J connectivity index is 2.09. The number of carbonyl (C=O) groups excluding carboxylic acids is 1. The molecule has 0 radical (unpaired) electrons. The van der Waals surface area contributed by atoms with Gasteiger partial charge in [0.2, 0.25) is 0 Å². The van der Waals surface area contributed by atoms with Crippen molar-refractivity contribution >= 4 is 5.91 Å². The topological polar surface area (TPSA) is 74.8 Å². The average molecular weight is 285 g/mol. The largest absolute Gasteiger partial charge is 0.352 e. The highest BCUT2D eigenvalue weighted by atomic mass is 16.2. The van der Waals surface area contributed by atoms with Crippen molar-refractivity contribution in [3.63, 3.8) is 0 Å². The van der Waals surface area contributed by atoms with Crippen LogP contribution in [0, 0.1) is 0 Å². The van der Waals surface area contributed by atoms with Gasteiger partial charge < -0.3 is 10.3 Å². The van der Waals surface area contributed by atoms with Crippen LogP contribution in [0.4, 0.5) is 0 Å². The van der Waals surface area contributed by atoms with Crippen molar-refractivity contribution in [2.75, 3.05) is 6.54 Å². The molecule has 0 bridgehead atoms. The molecule has 0 fully saturated rings. The number of benzene rings is 1. The maximum absolute atomic E-state index is 12.0. The summed E-state index contributed by atoms with van der Waals surface area (Å²) >= 11 is 0. The van der Waals surface area contributed by atoms with E-state index >= 15 is 0 Å². The summed E-state index contributed by atoms with van der Waals surface area (Å²) in [5.41, 5.74) is 0.438. The molecule has 21 heavy (non-hydrogen) atoms. The second kappa shape index (κ2) is 7.38. The summed E-state index contributed by atoms with van der Waals surface area (Å²) in [6.45, 7) is 2.67. The summed E-state index contributed by atoms with van der Waals surface area (Å²) in [5.74, 6) is 0.0857. The van der Waals surface area contributed by atoms with Gasteiger partial charge >= 0.3 is 0 Å². The normalized spacial score (nSPS) is 10.3. The Bertz CT molecular complexity index is 650. The number of nitrogens with zero attached hydrogens (tertiary/aromatic N) is 1. The summed E-state index contributed by atoms with van der Waals surface area (Å²) in [6, 6.07) is 9.32. The minimum atomic E-state index is -0.420. The zero-order chi connectivity index (χ0) is 15.1. The van der Waals surface area contributed by atoms with Crippen LogP contribution in [0.15, 0.2) is 41.3 Å². The predicted octanol–water partition coefficient (Wildman–Crippen LogP) is 2.36. The van der Waals surface area contributed by atoms with Crippen LogP contribution < -0.4 is 10.9 Å². The molecule has 0 aliphatic carbocycles. The van der Waals surface area contributed by atoms with Gasteiger partial charge in [-0.2, -0.15) is 0 Å². The number of nitrogens with one attached hydrogen (secondary N) is 2. The van der Waals surface area contributed by atoms with E-state index in [2.05, 4.69) is 22.2 Å². The molecule has 1 heterocycles. The summed E-state index contributed by atoms with van der Waals surface area (Å²) in [7, 11) is 0. The van der Waals surface area contributed by atoms with Crippen molar-refractivity contribution < 1.29 is 4.79 Å². The molecule has 0 aliphatic rings. The third-order valence-corrected chi connectivity index (χ3v) is 3.16. The molecule has 5 heteroatoms. The Morgan fingerprint density at radius 2 is 2.00 bits per heavy atom. The molecule has 110 valence electrons. The molecule has 0 atom stereocenters. The highest BCUT2D eigenvalue weighted by molar-refractivity contribution is 5.93. The number of rotatable bonds is 6. The molecule has 5 nitrogen and oxygen atoms in total. The van der Waals surface area contributed by atoms with Crippen molar-refractivity contribution in [1.82, 2.24) is 15.3 Å². The first kappa shape index (κ1) is 15.0. The Morgan fingerprint density at radius 1 is 1.24 bits per heavy atom. The molecule has 1 aromatic carbocycles. The second-order valence-corrected chi connectivity index (χ2v) is 4.80. The summed E-state index contributed by atoms with van der Waals surface area (Å²) in [5, 5.41) is 2.73. The lowest BCUT2D eigenvalue weighted by Gasteiger charge is -2.05. The highest BCUT2D eigenvalue weighted by Gasteiger charge is 2.11. The maximum Gasteiger partial charge on any atom is 0.264 e. The van der Waals surface area contributed by atoms with Gasteiger partial charge in [-0.3, -0.25) is 9.59 Å². The van der Waals surface area contributed by atoms with Gasteiger partial charge in [0.15, 0.2) is 0 Å². The first-order valence-electron chi connectivity index (χ1n) is 7.15. The van der Waals surface area contributed by atoms with Crippen LogP contribution in [0.1, 0.15) is 36.5 Å². The predicted molar refractivity (Wildman–Crippen MR) is 82.2 cm³/mol. The molecule has 0 saturated heterocycles. The first-order valence-corrected chi connectivity index (χ1v) is 7.15. The van der Waals surface area contributed by atoms with E-state index in [1.165, 1.54) is 6.20 Å². The molecule has 1 aromatic heterocycles. The molecule has 0 unspecified atom stereocenters. The molecule has 2 aromatic rings. The Morgan fingerprint density at radius 3 is 2.67 bits per heavy atom. The summed E-state index contributed by atoms with van der Waals surface area (Å²) < 4.78 is 0. The zero-order valence-electron chi connectivity index (χ0n) is 12.1. The summed E-state index contributed by atoms with van der Waals surface area (Å²) in [6.07, 6.45) is 4.39. The van der Waals surface area contributed by atoms with E-state index in [0.717, 1.165) is 24.8 Å². The smallest absolute Gasteiger partial charge is 0.264 e. The van der Waals surface area contributed by atoms with Crippen molar-refractivity contribution in [3.05, 3.63) is 52.4 Å². The number of hydrogen-bond donors (Lipinski definition) is 2. The lowest BCUT2D eigenvalue weighted by atomic mass is 10.2. The monoisotopic (exact) mass is 285 g/mol. The van der Waals surface area contributed by atoms with Crippen LogP contribution in [-0.2, 0) is 0 Å². The van der Waals surface area contributed by atoms with Crippen LogP contribution in [-0.4, -0.2) is 22.4 Å². The van der Waals surface area contributed by atoms with Gasteiger partial charge in [-0.25, -0.2) is 4.98 Å². The van der Waals surface area contributed by atoms with Gasteiger partial charge in [0.05, 0.1) is 0 Å². The molecule has 0 saturated carbocycles. The molecule has 2 rings (SSSR count). The fourth-order valence-electron chi connectivity index (χ4n) is 1.97. The Labute approximate surface area is 123 Å². The fourth-order valence-corrected chi connectivity index (χ4v) is 1.97. The van der Waals surface area contributed by atoms with Gasteiger partial charge in [0, 0.05) is 18.3 Å². The minimum Gasteiger partial charge on any atom is -0.352 e. The second-order valence-electron chi connectivity index (χ2n) is 4.80. The van der Waals surface area contributed by atoms with Crippen LogP contribution in [0.3, 0.4) is 0 Å². The molecular weight excluding hydrogens is 266 g/mol. The summed E-state index contributed by atoms with van der Waals surface area (Å²) in [4.78, 5) is 30.7. The standard InChI is InChI=1S/C16H19N3O2/c1-2-3-7-10-17-15(20)13-11-18-14(19-16(13)21)12-8-5-4-6-9-12/h4-6,8-9,11H,2-3,7,10H2,1H3,(H,17,20)(H,18,19,21). The first-order chi connectivity index (χ1) is 10.2.